The van der Waals surface area contributed by atoms with E-state index in [4.69, 9.17) is 5.73 Å². The summed E-state index contributed by atoms with van der Waals surface area (Å²) in [6.45, 7) is 0.703. The summed E-state index contributed by atoms with van der Waals surface area (Å²) in [7, 11) is 2.05. The van der Waals surface area contributed by atoms with Gasteiger partial charge in [0.1, 0.15) is 5.82 Å². The van der Waals surface area contributed by atoms with Gasteiger partial charge in [-0.15, -0.1) is 0 Å². The van der Waals surface area contributed by atoms with Crippen LogP contribution in [0.2, 0.25) is 0 Å². The van der Waals surface area contributed by atoms with Gasteiger partial charge in [-0.05, 0) is 36.6 Å². The largest absolute Gasteiger partial charge is 0.353 e. The zero-order chi connectivity index (χ0) is 17.2. The lowest BCUT2D eigenvalue weighted by atomic mass is 10.1. The van der Waals surface area contributed by atoms with Crippen LogP contribution >= 0.6 is 0 Å². The van der Waals surface area contributed by atoms with Crippen LogP contribution in [0.4, 0.5) is 17.5 Å². The van der Waals surface area contributed by atoms with E-state index in [1.807, 2.05) is 19.2 Å². The number of nitrogens with zero attached hydrogens (tertiary/aromatic N) is 3. The number of hydrogen-bond acceptors (Lipinski definition) is 5. The van der Waals surface area contributed by atoms with Gasteiger partial charge in [-0.25, -0.2) is 4.98 Å². The first kappa shape index (κ1) is 15.9. The van der Waals surface area contributed by atoms with Crippen molar-refractivity contribution in [2.45, 2.75) is 25.3 Å². The third-order valence-electron chi connectivity index (χ3n) is 4.70. The number of nitrogens with one attached hydrogen (secondary N) is 2. The van der Waals surface area contributed by atoms with Crippen LogP contribution in [0.1, 0.15) is 19.3 Å². The molecule has 6 nitrogen and oxygen atoms in total. The number of aromatic nitrogens is 3. The van der Waals surface area contributed by atoms with Crippen molar-refractivity contribution >= 4 is 28.4 Å². The van der Waals surface area contributed by atoms with Crippen LogP contribution in [0, 0.1) is 5.92 Å². The molecule has 0 radical (unpaired) electrons. The molecule has 3 aromatic rings. The van der Waals surface area contributed by atoms with E-state index in [1.165, 1.54) is 23.7 Å². The molecule has 1 aliphatic carbocycles. The van der Waals surface area contributed by atoms with Crippen molar-refractivity contribution in [1.82, 2.24) is 14.5 Å². The second kappa shape index (κ2) is 6.72. The highest BCUT2D eigenvalue weighted by molar-refractivity contribution is 5.93. The Morgan fingerprint density at radius 3 is 3.00 bits per heavy atom. The maximum atomic E-state index is 6.15. The lowest BCUT2D eigenvalue weighted by Crippen LogP contribution is -2.30. The Kier molecular flexibility index (Phi) is 4.28. The summed E-state index contributed by atoms with van der Waals surface area (Å²) in [6, 6.07) is 10.3. The minimum Gasteiger partial charge on any atom is -0.353 e. The van der Waals surface area contributed by atoms with Crippen molar-refractivity contribution in [1.29, 1.82) is 0 Å². The summed E-state index contributed by atoms with van der Waals surface area (Å²) < 4.78 is 2.11. The number of anilines is 3. The minimum absolute atomic E-state index is 0.158. The molecule has 0 amide bonds. The van der Waals surface area contributed by atoms with Crippen molar-refractivity contribution in [3.8, 4) is 0 Å². The third kappa shape index (κ3) is 3.74. The molecular weight excluding hydrogens is 312 g/mol. The second-order valence-corrected chi connectivity index (χ2v) is 6.88. The van der Waals surface area contributed by atoms with Crippen LogP contribution in [0.15, 0.2) is 42.7 Å². The van der Waals surface area contributed by atoms with E-state index in [2.05, 4.69) is 49.6 Å². The normalized spacial score (nSPS) is 15.3. The lowest BCUT2D eigenvalue weighted by molar-refractivity contribution is 0.588. The maximum Gasteiger partial charge on any atom is 0.224 e. The molecule has 1 fully saturated rings. The second-order valence-electron chi connectivity index (χ2n) is 6.88. The number of rotatable bonds is 7. The molecule has 1 atom stereocenters. The van der Waals surface area contributed by atoms with Gasteiger partial charge in [0, 0.05) is 48.6 Å². The van der Waals surface area contributed by atoms with Crippen molar-refractivity contribution in [3.63, 3.8) is 0 Å². The van der Waals surface area contributed by atoms with Crippen molar-refractivity contribution < 1.29 is 0 Å². The number of benzene rings is 1. The summed E-state index contributed by atoms with van der Waals surface area (Å²) in [5.74, 6) is 2.21. The third-order valence-corrected chi connectivity index (χ3v) is 4.70. The van der Waals surface area contributed by atoms with Gasteiger partial charge in [0.25, 0.3) is 0 Å². The topological polar surface area (TPSA) is 80.8 Å². The summed E-state index contributed by atoms with van der Waals surface area (Å²) in [5.41, 5.74) is 8.37. The van der Waals surface area contributed by atoms with Crippen LogP contribution < -0.4 is 16.4 Å². The van der Waals surface area contributed by atoms with E-state index in [1.54, 1.807) is 6.20 Å². The van der Waals surface area contributed by atoms with E-state index in [0.717, 1.165) is 23.8 Å². The first-order valence-corrected chi connectivity index (χ1v) is 8.82. The Balaban J connectivity index is 1.45. The number of fused-ring (bicyclic) bond motifs is 1. The molecule has 25 heavy (non-hydrogen) atoms. The molecule has 0 aliphatic heterocycles. The van der Waals surface area contributed by atoms with Crippen molar-refractivity contribution in [2.24, 2.45) is 18.7 Å². The predicted octanol–water partition coefficient (Wildman–Crippen LogP) is 3.25. The quantitative estimate of drug-likeness (QED) is 0.617. The maximum absolute atomic E-state index is 6.15. The molecular formula is C19H24N6. The standard InChI is InChI=1S/C19H24N6/c1-25-10-8-15-16(3-2-4-17(15)25)23-18-7-9-21-19(24-18)22-12-14(20)11-13-5-6-13/h2-4,7-10,13-14H,5-6,11-12,20H2,1H3,(H2,21,22,23,24)/t14-/m0/s1. The Bertz CT molecular complexity index is 867. The molecule has 130 valence electrons. The van der Waals surface area contributed by atoms with Gasteiger partial charge in [0.05, 0.1) is 0 Å². The zero-order valence-corrected chi connectivity index (χ0v) is 14.4. The Hall–Kier alpha value is -2.60. The van der Waals surface area contributed by atoms with Gasteiger partial charge < -0.3 is 20.9 Å². The summed E-state index contributed by atoms with van der Waals surface area (Å²) >= 11 is 0. The molecule has 6 heteroatoms. The molecule has 0 spiro atoms. The Morgan fingerprint density at radius 2 is 2.16 bits per heavy atom. The van der Waals surface area contributed by atoms with E-state index < -0.39 is 0 Å². The molecule has 4 rings (SSSR count). The average molecular weight is 336 g/mol. The summed E-state index contributed by atoms with van der Waals surface area (Å²) in [5, 5.41) is 7.82. The van der Waals surface area contributed by atoms with Crippen LogP contribution in [-0.2, 0) is 7.05 Å². The molecule has 4 N–H and O–H groups in total. The fourth-order valence-electron chi connectivity index (χ4n) is 3.15. The highest BCUT2D eigenvalue weighted by atomic mass is 15.1. The molecule has 2 aromatic heterocycles. The first-order chi connectivity index (χ1) is 12.2. The van der Waals surface area contributed by atoms with E-state index in [9.17, 15) is 0 Å². The van der Waals surface area contributed by atoms with Gasteiger partial charge in [-0.2, -0.15) is 4.98 Å². The van der Waals surface area contributed by atoms with Crippen LogP contribution in [0.5, 0.6) is 0 Å². The monoisotopic (exact) mass is 336 g/mol. The molecule has 2 heterocycles. The van der Waals surface area contributed by atoms with Crippen LogP contribution in [-0.4, -0.2) is 27.1 Å². The average Bonchev–Trinajstić information content (AvgIpc) is 3.35. The SMILES string of the molecule is Cn1ccc2c(Nc3ccnc(NC[C@@H](N)CC4CC4)n3)cccc21. The van der Waals surface area contributed by atoms with E-state index in [-0.39, 0.29) is 6.04 Å². The molecule has 1 aromatic carbocycles. The minimum atomic E-state index is 0.158. The van der Waals surface area contributed by atoms with Gasteiger partial charge in [0.2, 0.25) is 5.95 Å². The van der Waals surface area contributed by atoms with Gasteiger partial charge in [-0.1, -0.05) is 18.9 Å². The van der Waals surface area contributed by atoms with Crippen molar-refractivity contribution in [2.75, 3.05) is 17.2 Å². The predicted molar refractivity (Wildman–Crippen MR) is 102 cm³/mol. The highest BCUT2D eigenvalue weighted by Crippen LogP contribution is 2.33. The molecule has 0 unspecified atom stereocenters. The van der Waals surface area contributed by atoms with Crippen LogP contribution in [0.25, 0.3) is 10.9 Å². The zero-order valence-electron chi connectivity index (χ0n) is 14.4. The van der Waals surface area contributed by atoms with Gasteiger partial charge >= 0.3 is 0 Å². The lowest BCUT2D eigenvalue weighted by Gasteiger charge is -2.13. The number of hydrogen-bond donors (Lipinski definition) is 3. The van der Waals surface area contributed by atoms with Gasteiger partial charge in [-0.3, -0.25) is 0 Å². The molecule has 0 saturated heterocycles. The van der Waals surface area contributed by atoms with Crippen molar-refractivity contribution in [3.05, 3.63) is 42.7 Å². The molecule has 1 aliphatic rings. The summed E-state index contributed by atoms with van der Waals surface area (Å²) in [4.78, 5) is 8.84. The molecule has 0 bridgehead atoms. The smallest absolute Gasteiger partial charge is 0.224 e. The first-order valence-electron chi connectivity index (χ1n) is 8.82. The van der Waals surface area contributed by atoms with E-state index in [0.29, 0.717) is 12.5 Å². The van der Waals surface area contributed by atoms with E-state index >= 15 is 0 Å². The van der Waals surface area contributed by atoms with Crippen LogP contribution in [0.3, 0.4) is 0 Å². The molecule has 1 saturated carbocycles. The summed E-state index contributed by atoms with van der Waals surface area (Å²) in [6.07, 6.45) is 7.56. The fraction of sp³-hybridized carbons (Fsp3) is 0.368. The number of nitrogens with two attached hydrogens (primary N) is 1. The number of aryl methyl sites for hydroxylation is 1. The Labute approximate surface area is 147 Å². The Morgan fingerprint density at radius 1 is 1.28 bits per heavy atom. The van der Waals surface area contributed by atoms with Gasteiger partial charge in [0.15, 0.2) is 0 Å². The highest BCUT2D eigenvalue weighted by Gasteiger charge is 2.23. The fourth-order valence-corrected chi connectivity index (χ4v) is 3.15.